The van der Waals surface area contributed by atoms with Crippen LogP contribution in [0.3, 0.4) is 0 Å². The average Bonchev–Trinajstić information content (AvgIpc) is 2.37. The molecule has 0 fully saturated rings. The highest BCUT2D eigenvalue weighted by Gasteiger charge is 2.20. The molecule has 1 aromatic heterocycles. The molecule has 0 saturated carbocycles. The molecule has 2 amide bonds. The molecule has 12 heavy (non-hydrogen) atoms. The highest BCUT2D eigenvalue weighted by atomic mass is 16.5. The van der Waals surface area contributed by atoms with Crippen LogP contribution in [0.25, 0.3) is 0 Å². The Kier molecular flexibility index (Phi) is 2.26. The summed E-state index contributed by atoms with van der Waals surface area (Å²) in [5.41, 5.74) is 4.84. The summed E-state index contributed by atoms with van der Waals surface area (Å²) in [6.45, 7) is 0. The Morgan fingerprint density at radius 1 is 1.75 bits per heavy atom. The van der Waals surface area contributed by atoms with Crippen LogP contribution >= 0.6 is 0 Å². The van der Waals surface area contributed by atoms with Crippen LogP contribution in [0.5, 0.6) is 0 Å². The Bertz CT molecular complexity index is 258. The summed E-state index contributed by atoms with van der Waals surface area (Å²) in [4.78, 5) is 17.2. The van der Waals surface area contributed by atoms with Crippen LogP contribution in [0, 0.1) is 0 Å². The first kappa shape index (κ1) is 8.50. The standard InChI is InChI=1S/C5H8N4O3/c6-3(10)9(5(11)12)4-7-1-2-8-4/h1-2,5,11-12H,(H2,6,10)(H,7,8). The average molecular weight is 172 g/mol. The first-order valence-electron chi connectivity index (χ1n) is 3.07. The van der Waals surface area contributed by atoms with Crippen molar-refractivity contribution in [1.82, 2.24) is 9.97 Å². The Hall–Kier alpha value is -1.60. The van der Waals surface area contributed by atoms with Gasteiger partial charge in [0.1, 0.15) is 0 Å². The number of anilines is 1. The molecule has 5 N–H and O–H groups in total. The van der Waals surface area contributed by atoms with Crippen LogP contribution in [0.4, 0.5) is 10.7 Å². The minimum absolute atomic E-state index is 0.0162. The third kappa shape index (κ3) is 1.52. The molecule has 7 heteroatoms. The molecule has 0 aliphatic rings. The zero-order chi connectivity index (χ0) is 9.14. The van der Waals surface area contributed by atoms with Gasteiger partial charge in [-0.2, -0.15) is 0 Å². The van der Waals surface area contributed by atoms with Crippen molar-refractivity contribution in [3.8, 4) is 0 Å². The maximum absolute atomic E-state index is 10.6. The van der Waals surface area contributed by atoms with Gasteiger partial charge in [-0.25, -0.2) is 14.7 Å². The molecule has 0 radical (unpaired) electrons. The number of hydrogen-bond acceptors (Lipinski definition) is 4. The smallest absolute Gasteiger partial charge is 0.325 e. The van der Waals surface area contributed by atoms with Crippen molar-refractivity contribution in [2.24, 2.45) is 5.73 Å². The van der Waals surface area contributed by atoms with Gasteiger partial charge in [0.15, 0.2) is 0 Å². The molecule has 0 spiro atoms. The summed E-state index contributed by atoms with van der Waals surface area (Å²) in [7, 11) is 0. The summed E-state index contributed by atoms with van der Waals surface area (Å²) in [5, 5.41) is 17.4. The molecule has 0 bridgehead atoms. The van der Waals surface area contributed by atoms with E-state index in [-0.39, 0.29) is 5.95 Å². The molecular formula is C5H8N4O3. The lowest BCUT2D eigenvalue weighted by Crippen LogP contribution is -2.44. The van der Waals surface area contributed by atoms with Gasteiger partial charge in [0.2, 0.25) is 12.4 Å². The molecule has 0 saturated heterocycles. The first-order chi connectivity index (χ1) is 5.63. The zero-order valence-electron chi connectivity index (χ0n) is 6.01. The number of urea groups is 1. The van der Waals surface area contributed by atoms with E-state index in [9.17, 15) is 4.79 Å². The molecule has 0 aliphatic heterocycles. The van der Waals surface area contributed by atoms with E-state index < -0.39 is 12.4 Å². The van der Waals surface area contributed by atoms with Gasteiger partial charge in [-0.15, -0.1) is 0 Å². The largest absolute Gasteiger partial charge is 0.351 e. The summed E-state index contributed by atoms with van der Waals surface area (Å²) in [6, 6.07) is -1.00. The van der Waals surface area contributed by atoms with Crippen molar-refractivity contribution in [3.63, 3.8) is 0 Å². The number of aliphatic hydroxyl groups is 2. The fraction of sp³-hybridized carbons (Fsp3) is 0.200. The lowest BCUT2D eigenvalue weighted by Gasteiger charge is -2.18. The quantitative estimate of drug-likeness (QED) is 0.409. The Morgan fingerprint density at radius 2 is 2.42 bits per heavy atom. The maximum Gasteiger partial charge on any atom is 0.325 e. The summed E-state index contributed by atoms with van der Waals surface area (Å²) < 4.78 is 0. The number of hydrogen-bond donors (Lipinski definition) is 4. The Balaban J connectivity index is 2.88. The van der Waals surface area contributed by atoms with Crippen LogP contribution in [0.15, 0.2) is 12.4 Å². The number of aliphatic hydroxyl groups excluding tert-OH is 1. The zero-order valence-corrected chi connectivity index (χ0v) is 6.01. The predicted octanol–water partition coefficient (Wildman–Crippen LogP) is -1.44. The number of rotatable bonds is 2. The fourth-order valence-electron chi connectivity index (χ4n) is 0.716. The SMILES string of the molecule is NC(=O)N(c1ncc[nH]1)C(O)O. The van der Waals surface area contributed by atoms with E-state index in [0.29, 0.717) is 4.90 Å². The molecule has 66 valence electrons. The molecule has 1 aromatic rings. The number of aromatic amines is 1. The van der Waals surface area contributed by atoms with E-state index in [4.69, 9.17) is 15.9 Å². The van der Waals surface area contributed by atoms with Crippen LogP contribution in [0.2, 0.25) is 0 Å². The number of nitrogens with two attached hydrogens (primary N) is 1. The minimum atomic E-state index is -1.99. The Morgan fingerprint density at radius 3 is 2.75 bits per heavy atom. The van der Waals surface area contributed by atoms with E-state index in [0.717, 1.165) is 0 Å². The van der Waals surface area contributed by atoms with Crippen LogP contribution in [0.1, 0.15) is 0 Å². The third-order valence-electron chi connectivity index (χ3n) is 1.18. The fourth-order valence-corrected chi connectivity index (χ4v) is 0.716. The van der Waals surface area contributed by atoms with E-state index in [1.807, 2.05) is 0 Å². The number of aromatic nitrogens is 2. The van der Waals surface area contributed by atoms with E-state index in [2.05, 4.69) is 9.97 Å². The second kappa shape index (κ2) is 3.20. The maximum atomic E-state index is 10.6. The van der Waals surface area contributed by atoms with Crippen molar-refractivity contribution in [2.45, 2.75) is 6.41 Å². The van der Waals surface area contributed by atoms with Gasteiger partial charge in [-0.1, -0.05) is 0 Å². The third-order valence-corrected chi connectivity index (χ3v) is 1.18. The monoisotopic (exact) mass is 172 g/mol. The highest BCUT2D eigenvalue weighted by Crippen LogP contribution is 2.06. The lowest BCUT2D eigenvalue weighted by molar-refractivity contribution is -0.0344. The van der Waals surface area contributed by atoms with Crippen LogP contribution < -0.4 is 10.6 Å². The number of imidazole rings is 1. The number of carbonyl (C=O) groups is 1. The van der Waals surface area contributed by atoms with Crippen molar-refractivity contribution in [1.29, 1.82) is 0 Å². The second-order valence-electron chi connectivity index (χ2n) is 1.97. The van der Waals surface area contributed by atoms with Crippen molar-refractivity contribution in [3.05, 3.63) is 12.4 Å². The summed E-state index contributed by atoms with van der Waals surface area (Å²) in [5.74, 6) is -0.0162. The van der Waals surface area contributed by atoms with Gasteiger partial charge in [-0.3, -0.25) is 0 Å². The summed E-state index contributed by atoms with van der Waals surface area (Å²) in [6.07, 6.45) is 0.787. The second-order valence-corrected chi connectivity index (χ2v) is 1.97. The number of amides is 2. The highest BCUT2D eigenvalue weighted by molar-refractivity contribution is 5.88. The van der Waals surface area contributed by atoms with E-state index in [1.54, 1.807) is 0 Å². The van der Waals surface area contributed by atoms with Crippen LogP contribution in [-0.2, 0) is 0 Å². The number of H-pyrrole nitrogens is 1. The summed E-state index contributed by atoms with van der Waals surface area (Å²) >= 11 is 0. The Labute approximate surface area is 67.4 Å². The van der Waals surface area contributed by atoms with Gasteiger partial charge in [0, 0.05) is 12.4 Å². The molecule has 0 aliphatic carbocycles. The number of carbonyl (C=O) groups excluding carboxylic acids is 1. The normalized spacial score (nSPS) is 10.2. The minimum Gasteiger partial charge on any atom is -0.351 e. The van der Waals surface area contributed by atoms with Gasteiger partial charge < -0.3 is 20.9 Å². The van der Waals surface area contributed by atoms with Gasteiger partial charge in [0.05, 0.1) is 0 Å². The van der Waals surface area contributed by atoms with Gasteiger partial charge >= 0.3 is 6.03 Å². The number of primary amides is 1. The topological polar surface area (TPSA) is 115 Å². The predicted molar refractivity (Wildman–Crippen MR) is 38.9 cm³/mol. The van der Waals surface area contributed by atoms with Gasteiger partial charge in [0.25, 0.3) is 0 Å². The van der Waals surface area contributed by atoms with Crippen LogP contribution in [-0.4, -0.2) is 32.6 Å². The van der Waals surface area contributed by atoms with Crippen molar-refractivity contribution >= 4 is 12.0 Å². The van der Waals surface area contributed by atoms with Crippen molar-refractivity contribution < 1.29 is 15.0 Å². The molecule has 0 unspecified atom stereocenters. The first-order valence-corrected chi connectivity index (χ1v) is 3.07. The van der Waals surface area contributed by atoms with Gasteiger partial charge in [-0.05, 0) is 0 Å². The molecule has 1 rings (SSSR count). The van der Waals surface area contributed by atoms with E-state index >= 15 is 0 Å². The molecule has 1 heterocycles. The molecule has 0 aromatic carbocycles. The number of nitrogens with zero attached hydrogens (tertiary/aromatic N) is 2. The van der Waals surface area contributed by atoms with E-state index in [1.165, 1.54) is 12.4 Å². The molecular weight excluding hydrogens is 164 g/mol. The van der Waals surface area contributed by atoms with Crippen molar-refractivity contribution in [2.75, 3.05) is 4.90 Å². The molecule has 0 atom stereocenters. The lowest BCUT2D eigenvalue weighted by atomic mass is 10.7. The number of nitrogens with one attached hydrogen (secondary N) is 1. The molecule has 7 nitrogen and oxygen atoms in total.